The highest BCUT2D eigenvalue weighted by atomic mass is 32.2. The lowest BCUT2D eigenvalue weighted by Crippen LogP contribution is -2.49. The molecule has 0 bridgehead atoms. The molecule has 1 aromatic carbocycles. The molecule has 0 amide bonds. The average Bonchev–Trinajstić information content (AvgIpc) is 3.16. The molecule has 0 saturated carbocycles. The second-order valence-electron chi connectivity index (χ2n) is 7.13. The first-order chi connectivity index (χ1) is 13.4. The highest BCUT2D eigenvalue weighted by Gasteiger charge is 2.31. The first kappa shape index (κ1) is 18.8. The summed E-state index contributed by atoms with van der Waals surface area (Å²) >= 11 is 0. The quantitative estimate of drug-likeness (QED) is 0.564. The number of benzene rings is 1. The molecule has 0 spiro atoms. The zero-order valence-electron chi connectivity index (χ0n) is 15.5. The number of fused-ring (bicyclic) bond motifs is 1. The summed E-state index contributed by atoms with van der Waals surface area (Å²) in [6, 6.07) is 5.99. The van der Waals surface area contributed by atoms with Crippen LogP contribution in [-0.2, 0) is 22.9 Å². The summed E-state index contributed by atoms with van der Waals surface area (Å²) < 4.78 is 27.5. The van der Waals surface area contributed by atoms with E-state index in [-0.39, 0.29) is 10.6 Å². The molecular weight excluding hydrogens is 382 g/mol. The average molecular weight is 403 g/mol. The van der Waals surface area contributed by atoms with Gasteiger partial charge < -0.3 is 4.90 Å². The predicted octanol–water partition coefficient (Wildman–Crippen LogP) is 1.69. The molecule has 4 rings (SSSR count). The van der Waals surface area contributed by atoms with E-state index in [0.717, 1.165) is 36.8 Å². The fourth-order valence-electron chi connectivity index (χ4n) is 3.75. The highest BCUT2D eigenvalue weighted by Crippen LogP contribution is 2.27. The van der Waals surface area contributed by atoms with Gasteiger partial charge in [-0.05, 0) is 43.4 Å². The summed E-state index contributed by atoms with van der Waals surface area (Å²) in [6.07, 6.45) is 3.08. The third kappa shape index (κ3) is 3.33. The van der Waals surface area contributed by atoms with Gasteiger partial charge in [0.15, 0.2) is 5.82 Å². The number of hydrogen-bond donors (Lipinski definition) is 0. The van der Waals surface area contributed by atoms with Gasteiger partial charge in [0.1, 0.15) is 0 Å². The fraction of sp³-hybridized carbons (Fsp3) is 0.444. The summed E-state index contributed by atoms with van der Waals surface area (Å²) in [6.45, 7) is 3.24. The zero-order chi connectivity index (χ0) is 19.9. The number of nitro groups is 1. The van der Waals surface area contributed by atoms with Crippen LogP contribution in [0.2, 0.25) is 0 Å². The molecule has 2 aliphatic rings. The van der Waals surface area contributed by atoms with Crippen molar-refractivity contribution >= 4 is 21.5 Å². The molecule has 0 atom stereocenters. The van der Waals surface area contributed by atoms with E-state index in [1.807, 2.05) is 4.90 Å². The second-order valence-corrected chi connectivity index (χ2v) is 9.03. The second kappa shape index (κ2) is 7.10. The Morgan fingerprint density at radius 1 is 1.07 bits per heavy atom. The number of rotatable bonds is 4. The van der Waals surface area contributed by atoms with E-state index in [9.17, 15) is 18.5 Å². The van der Waals surface area contributed by atoms with Crippen molar-refractivity contribution in [2.45, 2.75) is 31.1 Å². The Labute approximate surface area is 163 Å². The lowest BCUT2D eigenvalue weighted by Gasteiger charge is -2.34. The maximum atomic E-state index is 13.0. The van der Waals surface area contributed by atoms with Crippen molar-refractivity contribution in [1.29, 1.82) is 0 Å². The van der Waals surface area contributed by atoms with Gasteiger partial charge in [0.05, 0.1) is 15.5 Å². The maximum absolute atomic E-state index is 13.0. The molecular formula is C18H21N5O4S. The molecule has 1 saturated heterocycles. The van der Waals surface area contributed by atoms with E-state index in [0.29, 0.717) is 31.7 Å². The number of piperazine rings is 1. The Kier molecular flexibility index (Phi) is 4.76. The Hall–Kier alpha value is -2.59. The van der Waals surface area contributed by atoms with Gasteiger partial charge in [0.2, 0.25) is 10.0 Å². The summed E-state index contributed by atoms with van der Waals surface area (Å²) in [5.74, 6) is 0.782. The Balaban J connectivity index is 1.52. The van der Waals surface area contributed by atoms with Gasteiger partial charge >= 0.3 is 0 Å². The van der Waals surface area contributed by atoms with Crippen LogP contribution in [-0.4, -0.2) is 54.0 Å². The molecule has 1 fully saturated rings. The lowest BCUT2D eigenvalue weighted by atomic mass is 10.2. The van der Waals surface area contributed by atoms with Crippen LogP contribution in [0.3, 0.4) is 0 Å². The van der Waals surface area contributed by atoms with Crippen LogP contribution in [0, 0.1) is 17.0 Å². The molecule has 1 aliphatic heterocycles. The zero-order valence-corrected chi connectivity index (χ0v) is 16.4. The van der Waals surface area contributed by atoms with Crippen molar-refractivity contribution < 1.29 is 13.3 Å². The van der Waals surface area contributed by atoms with E-state index in [1.165, 1.54) is 22.0 Å². The first-order valence-corrected chi connectivity index (χ1v) is 10.7. The first-order valence-electron chi connectivity index (χ1n) is 9.22. The van der Waals surface area contributed by atoms with Crippen molar-refractivity contribution in [3.8, 4) is 0 Å². The van der Waals surface area contributed by atoms with E-state index in [1.54, 1.807) is 6.92 Å². The van der Waals surface area contributed by atoms with Crippen LogP contribution >= 0.6 is 0 Å². The number of sulfonamides is 1. The molecule has 0 unspecified atom stereocenters. The summed E-state index contributed by atoms with van der Waals surface area (Å²) in [4.78, 5) is 12.5. The van der Waals surface area contributed by atoms with E-state index in [4.69, 9.17) is 0 Å². The number of anilines is 1. The lowest BCUT2D eigenvalue weighted by molar-refractivity contribution is -0.385. The van der Waals surface area contributed by atoms with Crippen LogP contribution in [0.15, 0.2) is 29.2 Å². The molecule has 148 valence electrons. The number of hydrogen-bond acceptors (Lipinski definition) is 7. The van der Waals surface area contributed by atoms with Crippen molar-refractivity contribution in [3.63, 3.8) is 0 Å². The minimum absolute atomic E-state index is 0.00697. The van der Waals surface area contributed by atoms with Crippen molar-refractivity contribution in [2.24, 2.45) is 0 Å². The number of non-ortho nitro benzene ring substituents is 1. The molecule has 2 heterocycles. The SMILES string of the molecule is Cc1ccc([N+](=O)[O-])cc1S(=O)(=O)N1CCN(c2cc3c(nn2)CCC3)CC1. The monoisotopic (exact) mass is 403 g/mol. The molecule has 28 heavy (non-hydrogen) atoms. The third-order valence-electron chi connectivity index (χ3n) is 5.37. The van der Waals surface area contributed by atoms with Gasteiger partial charge in [-0.3, -0.25) is 10.1 Å². The van der Waals surface area contributed by atoms with Gasteiger partial charge in [0, 0.05) is 38.3 Å². The summed E-state index contributed by atoms with van der Waals surface area (Å²) in [7, 11) is -3.80. The van der Waals surface area contributed by atoms with Gasteiger partial charge in [0.25, 0.3) is 5.69 Å². The number of nitro benzene ring substituents is 1. The molecule has 2 aromatic rings. The minimum Gasteiger partial charge on any atom is -0.352 e. The van der Waals surface area contributed by atoms with Crippen molar-refractivity contribution in [3.05, 3.63) is 51.2 Å². The Morgan fingerprint density at radius 2 is 1.82 bits per heavy atom. The topological polar surface area (TPSA) is 110 Å². The standard InChI is InChI=1S/C18H21N5O4S/c1-13-5-6-15(23(24)25)12-17(13)28(26,27)22-9-7-21(8-10-22)18-11-14-3-2-4-16(14)19-20-18/h5-6,11-12H,2-4,7-10H2,1H3. The largest absolute Gasteiger partial charge is 0.352 e. The molecule has 10 heteroatoms. The molecule has 1 aliphatic carbocycles. The van der Waals surface area contributed by atoms with Gasteiger partial charge in [-0.1, -0.05) is 6.07 Å². The minimum atomic E-state index is -3.80. The molecule has 9 nitrogen and oxygen atoms in total. The molecule has 0 radical (unpaired) electrons. The van der Waals surface area contributed by atoms with Crippen LogP contribution < -0.4 is 4.90 Å². The van der Waals surface area contributed by atoms with Crippen LogP contribution in [0.5, 0.6) is 0 Å². The predicted molar refractivity (Wildman–Crippen MR) is 103 cm³/mol. The molecule has 1 aromatic heterocycles. The third-order valence-corrected chi connectivity index (χ3v) is 7.41. The van der Waals surface area contributed by atoms with Crippen LogP contribution in [0.1, 0.15) is 23.2 Å². The van der Waals surface area contributed by atoms with E-state index in [2.05, 4.69) is 16.3 Å². The normalized spacial score (nSPS) is 17.5. The number of nitrogens with zero attached hydrogens (tertiary/aromatic N) is 5. The molecule has 0 N–H and O–H groups in total. The van der Waals surface area contributed by atoms with E-state index >= 15 is 0 Å². The van der Waals surface area contributed by atoms with Crippen LogP contribution in [0.4, 0.5) is 11.5 Å². The van der Waals surface area contributed by atoms with Gasteiger partial charge in [-0.2, -0.15) is 9.40 Å². The summed E-state index contributed by atoms with van der Waals surface area (Å²) in [5, 5.41) is 19.6. The Morgan fingerprint density at radius 3 is 2.54 bits per heavy atom. The summed E-state index contributed by atoms with van der Waals surface area (Å²) in [5.41, 5.74) is 2.56. The van der Waals surface area contributed by atoms with Crippen molar-refractivity contribution in [1.82, 2.24) is 14.5 Å². The van der Waals surface area contributed by atoms with Gasteiger partial charge in [-0.15, -0.1) is 5.10 Å². The fourth-order valence-corrected chi connectivity index (χ4v) is 5.42. The number of aryl methyl sites for hydroxylation is 3. The smallest absolute Gasteiger partial charge is 0.270 e. The Bertz CT molecular complexity index is 1030. The van der Waals surface area contributed by atoms with Gasteiger partial charge in [-0.25, -0.2) is 8.42 Å². The maximum Gasteiger partial charge on any atom is 0.270 e. The van der Waals surface area contributed by atoms with Crippen molar-refractivity contribution in [2.75, 3.05) is 31.1 Å². The number of aromatic nitrogens is 2. The van der Waals surface area contributed by atoms with E-state index < -0.39 is 14.9 Å². The highest BCUT2D eigenvalue weighted by molar-refractivity contribution is 7.89. The van der Waals surface area contributed by atoms with Crippen LogP contribution in [0.25, 0.3) is 0 Å².